The van der Waals surface area contributed by atoms with E-state index in [1.165, 1.54) is 48.8 Å². The van der Waals surface area contributed by atoms with Crippen LogP contribution in [-0.4, -0.2) is 0 Å². The Labute approximate surface area is 138 Å². The molecule has 0 bridgehead atoms. The quantitative estimate of drug-likeness (QED) is 0.482. The van der Waals surface area contributed by atoms with Gasteiger partial charge in [-0.25, -0.2) is 0 Å². The first kappa shape index (κ1) is 18.0. The highest BCUT2D eigenvalue weighted by molar-refractivity contribution is 9.10. The summed E-state index contributed by atoms with van der Waals surface area (Å²) >= 11 is 3.47. The van der Waals surface area contributed by atoms with Crippen molar-refractivity contribution in [1.82, 2.24) is 0 Å². The van der Waals surface area contributed by atoms with Crippen molar-refractivity contribution < 1.29 is 0 Å². The molecule has 2 aromatic carbocycles. The maximum absolute atomic E-state index is 3.47. The minimum Gasteiger partial charge on any atom is -0.0683 e. The van der Waals surface area contributed by atoms with Crippen molar-refractivity contribution in [3.63, 3.8) is 0 Å². The first-order chi connectivity index (χ1) is 10.3. The first-order valence-corrected chi connectivity index (χ1v) is 8.94. The van der Waals surface area contributed by atoms with Crippen LogP contribution in [0.2, 0.25) is 0 Å². The molecule has 0 saturated carbocycles. The van der Waals surface area contributed by atoms with Gasteiger partial charge in [0.25, 0.3) is 0 Å². The van der Waals surface area contributed by atoms with E-state index in [2.05, 4.69) is 71.4 Å². The highest BCUT2D eigenvalue weighted by atomic mass is 79.9. The third kappa shape index (κ3) is 6.48. The van der Waals surface area contributed by atoms with Crippen LogP contribution in [0.4, 0.5) is 0 Å². The van der Waals surface area contributed by atoms with Gasteiger partial charge in [0, 0.05) is 4.47 Å². The second kappa shape index (κ2) is 10.6. The molecule has 0 atom stereocenters. The summed E-state index contributed by atoms with van der Waals surface area (Å²) in [6.45, 7) is 6.26. The van der Waals surface area contributed by atoms with Gasteiger partial charge in [-0.15, -0.1) is 0 Å². The van der Waals surface area contributed by atoms with Crippen LogP contribution < -0.4 is 0 Å². The van der Waals surface area contributed by atoms with Crippen LogP contribution in [0.15, 0.2) is 53.0 Å². The molecule has 2 rings (SSSR count). The topological polar surface area (TPSA) is 0 Å². The van der Waals surface area contributed by atoms with Crippen LogP contribution in [0, 0.1) is 0 Å². The van der Waals surface area contributed by atoms with Crippen LogP contribution in [0.3, 0.4) is 0 Å². The molecule has 0 spiro atoms. The van der Waals surface area contributed by atoms with E-state index in [1.807, 2.05) is 13.8 Å². The Morgan fingerprint density at radius 1 is 0.714 bits per heavy atom. The van der Waals surface area contributed by atoms with Crippen LogP contribution in [-0.2, 0) is 6.42 Å². The van der Waals surface area contributed by atoms with Crippen molar-refractivity contribution in [1.29, 1.82) is 0 Å². The van der Waals surface area contributed by atoms with E-state index in [1.54, 1.807) is 0 Å². The second-order valence-electron chi connectivity index (χ2n) is 5.01. The molecule has 2 aromatic rings. The average Bonchev–Trinajstić information content (AvgIpc) is 2.55. The summed E-state index contributed by atoms with van der Waals surface area (Å²) in [4.78, 5) is 0. The Morgan fingerprint density at radius 2 is 1.24 bits per heavy atom. The molecular weight excluding hydrogens is 320 g/mol. The Morgan fingerprint density at radius 3 is 1.76 bits per heavy atom. The van der Waals surface area contributed by atoms with E-state index in [-0.39, 0.29) is 0 Å². The second-order valence-corrected chi connectivity index (χ2v) is 5.93. The summed E-state index contributed by atoms with van der Waals surface area (Å²) < 4.78 is 1.13. The van der Waals surface area contributed by atoms with Gasteiger partial charge in [-0.2, -0.15) is 0 Å². The molecule has 0 radical (unpaired) electrons. The maximum atomic E-state index is 3.47. The van der Waals surface area contributed by atoms with Crippen LogP contribution in [0.25, 0.3) is 11.1 Å². The van der Waals surface area contributed by atoms with Gasteiger partial charge in [-0.05, 0) is 41.7 Å². The SMILES string of the molecule is CC.CCCCCCc1ccc(-c2ccc(Br)cc2)cc1. The average molecular weight is 347 g/mol. The van der Waals surface area contributed by atoms with Gasteiger partial charge >= 0.3 is 0 Å². The van der Waals surface area contributed by atoms with Crippen LogP contribution in [0.5, 0.6) is 0 Å². The van der Waals surface area contributed by atoms with E-state index >= 15 is 0 Å². The zero-order chi connectivity index (χ0) is 15.5. The summed E-state index contributed by atoms with van der Waals surface area (Å²) in [5.41, 5.74) is 4.03. The summed E-state index contributed by atoms with van der Waals surface area (Å²) in [5, 5.41) is 0. The number of unbranched alkanes of at least 4 members (excludes halogenated alkanes) is 3. The van der Waals surface area contributed by atoms with Crippen molar-refractivity contribution in [2.45, 2.75) is 52.9 Å². The fraction of sp³-hybridized carbons (Fsp3) is 0.400. The molecule has 0 nitrogen and oxygen atoms in total. The number of hydrogen-bond acceptors (Lipinski definition) is 0. The van der Waals surface area contributed by atoms with Gasteiger partial charge in [0.15, 0.2) is 0 Å². The Balaban J connectivity index is 0.00000106. The third-order valence-electron chi connectivity index (χ3n) is 3.45. The molecule has 0 fully saturated rings. The zero-order valence-electron chi connectivity index (χ0n) is 13.5. The van der Waals surface area contributed by atoms with E-state index in [4.69, 9.17) is 0 Å². The summed E-state index contributed by atoms with van der Waals surface area (Å²) in [7, 11) is 0. The number of rotatable bonds is 6. The number of hydrogen-bond donors (Lipinski definition) is 0. The molecule has 0 heterocycles. The van der Waals surface area contributed by atoms with Gasteiger partial charge in [0.1, 0.15) is 0 Å². The van der Waals surface area contributed by atoms with Crippen molar-refractivity contribution in [2.75, 3.05) is 0 Å². The molecule has 0 aromatic heterocycles. The summed E-state index contributed by atoms with van der Waals surface area (Å²) in [6, 6.07) is 17.5. The Bertz CT molecular complexity index is 482. The zero-order valence-corrected chi connectivity index (χ0v) is 15.1. The number of benzene rings is 2. The molecule has 0 aliphatic rings. The standard InChI is InChI=1S/C18H21Br.C2H6/c1-2-3-4-5-6-15-7-9-16(10-8-15)17-11-13-18(19)14-12-17;1-2/h7-14H,2-6H2,1H3;1-2H3. The van der Waals surface area contributed by atoms with E-state index in [0.29, 0.717) is 0 Å². The monoisotopic (exact) mass is 346 g/mol. The molecule has 0 N–H and O–H groups in total. The third-order valence-corrected chi connectivity index (χ3v) is 3.98. The maximum Gasteiger partial charge on any atom is 0.0175 e. The molecule has 1 heteroatoms. The van der Waals surface area contributed by atoms with Gasteiger partial charge in [0.2, 0.25) is 0 Å². The van der Waals surface area contributed by atoms with E-state index in [0.717, 1.165) is 4.47 Å². The fourth-order valence-corrected chi connectivity index (χ4v) is 2.53. The molecule has 21 heavy (non-hydrogen) atoms. The summed E-state index contributed by atoms with van der Waals surface area (Å²) in [5.74, 6) is 0. The molecule has 0 aliphatic carbocycles. The molecule has 0 amide bonds. The first-order valence-electron chi connectivity index (χ1n) is 8.14. The predicted molar refractivity (Wildman–Crippen MR) is 98.8 cm³/mol. The molecule has 0 aliphatic heterocycles. The number of halogens is 1. The van der Waals surface area contributed by atoms with E-state index in [9.17, 15) is 0 Å². The van der Waals surface area contributed by atoms with Crippen molar-refractivity contribution in [3.8, 4) is 11.1 Å². The lowest BCUT2D eigenvalue weighted by molar-refractivity contribution is 0.667. The van der Waals surface area contributed by atoms with Crippen molar-refractivity contribution in [3.05, 3.63) is 58.6 Å². The van der Waals surface area contributed by atoms with Gasteiger partial charge in [-0.3, -0.25) is 0 Å². The van der Waals surface area contributed by atoms with Crippen LogP contribution in [0.1, 0.15) is 52.0 Å². The van der Waals surface area contributed by atoms with Crippen LogP contribution >= 0.6 is 15.9 Å². The normalized spacial score (nSPS) is 9.90. The minimum atomic E-state index is 1.13. The molecular formula is C20H27Br. The lowest BCUT2D eigenvalue weighted by Gasteiger charge is -2.05. The lowest BCUT2D eigenvalue weighted by Crippen LogP contribution is -1.86. The van der Waals surface area contributed by atoms with Crippen molar-refractivity contribution in [2.24, 2.45) is 0 Å². The highest BCUT2D eigenvalue weighted by Crippen LogP contribution is 2.22. The van der Waals surface area contributed by atoms with Gasteiger partial charge in [0.05, 0.1) is 0 Å². The molecule has 0 unspecified atom stereocenters. The fourth-order valence-electron chi connectivity index (χ4n) is 2.26. The van der Waals surface area contributed by atoms with E-state index < -0.39 is 0 Å². The van der Waals surface area contributed by atoms with Gasteiger partial charge < -0.3 is 0 Å². The van der Waals surface area contributed by atoms with Gasteiger partial charge in [-0.1, -0.05) is 92.4 Å². The Kier molecular flexibility index (Phi) is 9.09. The largest absolute Gasteiger partial charge is 0.0683 e. The highest BCUT2D eigenvalue weighted by Gasteiger charge is 1.98. The smallest absolute Gasteiger partial charge is 0.0175 e. The minimum absolute atomic E-state index is 1.13. The summed E-state index contributed by atoms with van der Waals surface area (Å²) in [6.07, 6.45) is 6.54. The lowest BCUT2D eigenvalue weighted by atomic mass is 10.0. The number of aryl methyl sites for hydroxylation is 1. The Hall–Kier alpha value is -1.08. The predicted octanol–water partition coefficient (Wildman–Crippen LogP) is 7.27. The van der Waals surface area contributed by atoms with Crippen molar-refractivity contribution >= 4 is 15.9 Å². The molecule has 114 valence electrons. The molecule has 0 saturated heterocycles.